The first-order valence-electron chi connectivity index (χ1n) is 27.3. The molecule has 81 heavy (non-hydrogen) atoms. The molecule has 450 valence electrons. The number of aromatic nitrogens is 1. The number of pyridine rings is 1. The van der Waals surface area contributed by atoms with Gasteiger partial charge < -0.3 is 63.7 Å². The van der Waals surface area contributed by atoms with Crippen LogP contribution < -0.4 is 16.4 Å². The number of fused-ring (bicyclic) bond motifs is 1. The summed E-state index contributed by atoms with van der Waals surface area (Å²) < 4.78 is 83.4. The molecule has 5 amide bonds. The van der Waals surface area contributed by atoms with Crippen molar-refractivity contribution >= 4 is 57.2 Å². The lowest BCUT2D eigenvalue weighted by Crippen LogP contribution is -2.53. The highest BCUT2D eigenvalue weighted by atomic mass is 32.2. The van der Waals surface area contributed by atoms with E-state index in [4.69, 9.17) is 57.9 Å². The van der Waals surface area contributed by atoms with E-state index in [1.54, 1.807) is 42.6 Å². The third kappa shape index (κ3) is 24.8. The molecule has 1 aromatic carbocycles. The summed E-state index contributed by atoms with van der Waals surface area (Å²) in [5, 5.41) is 6.79. The van der Waals surface area contributed by atoms with Gasteiger partial charge in [-0.15, -0.1) is 0 Å². The summed E-state index contributed by atoms with van der Waals surface area (Å²) in [5.41, 5.74) is 8.82. The van der Waals surface area contributed by atoms with Gasteiger partial charge in [0, 0.05) is 81.0 Å². The maximum absolute atomic E-state index is 13.6. The van der Waals surface area contributed by atoms with Crippen molar-refractivity contribution in [3.8, 4) is 11.1 Å². The number of hydroxylamine groups is 2. The number of benzene rings is 1. The zero-order valence-electron chi connectivity index (χ0n) is 46.6. The molecule has 0 aliphatic carbocycles. The Morgan fingerprint density at radius 1 is 0.679 bits per heavy atom. The van der Waals surface area contributed by atoms with Gasteiger partial charge in [-0.05, 0) is 43.2 Å². The summed E-state index contributed by atoms with van der Waals surface area (Å²) in [7, 11) is -3.80. The van der Waals surface area contributed by atoms with Gasteiger partial charge in [-0.1, -0.05) is 19.1 Å². The van der Waals surface area contributed by atoms with E-state index in [0.717, 1.165) is 23.5 Å². The standard InChI is InChI=1S/C54H80N8O18S/c1-3-12-62(80-4-2)54(67)44-34-47-48(59-49(55)36-44)35-45(38-57-47)43-6-5-7-46(33-43)81(68,69)60-39-42(40-60)37-58-50(63)10-13-70-15-17-72-19-21-74-23-25-76-27-29-78-31-32-79-30-28-77-26-24-75-22-20-73-18-16-71-14-11-56-51(64)41-61-52(65)8-9-53(61)66/h5-9,33-35,38,42H,3-4,10-32,36-37,39-41H2,1-2H3,(H2,55,59)(H,56,64)(H,58,63). The zero-order valence-corrected chi connectivity index (χ0v) is 47.4. The molecule has 3 aliphatic rings. The maximum atomic E-state index is 13.6. The van der Waals surface area contributed by atoms with Crippen molar-refractivity contribution in [3.05, 3.63) is 59.9 Å². The predicted molar refractivity (Wildman–Crippen MR) is 294 cm³/mol. The van der Waals surface area contributed by atoms with Crippen molar-refractivity contribution in [1.82, 2.24) is 29.9 Å². The van der Waals surface area contributed by atoms with Crippen LogP contribution in [0.2, 0.25) is 0 Å². The second-order valence-corrected chi connectivity index (χ2v) is 20.2. The Balaban J connectivity index is 0.752. The molecule has 0 bridgehead atoms. The average Bonchev–Trinajstić information content (AvgIpc) is 3.67. The molecule has 4 N–H and O–H groups in total. The van der Waals surface area contributed by atoms with Crippen molar-refractivity contribution in [2.75, 3.05) is 178 Å². The van der Waals surface area contributed by atoms with E-state index in [0.29, 0.717) is 167 Å². The van der Waals surface area contributed by atoms with E-state index in [1.165, 1.54) is 9.37 Å². The smallest absolute Gasteiger partial charge is 0.273 e. The summed E-state index contributed by atoms with van der Waals surface area (Å²) >= 11 is 0. The minimum absolute atomic E-state index is 0.0244. The van der Waals surface area contributed by atoms with Crippen LogP contribution in [0.15, 0.2) is 64.1 Å². The monoisotopic (exact) mass is 1160 g/mol. The van der Waals surface area contributed by atoms with E-state index >= 15 is 0 Å². The van der Waals surface area contributed by atoms with Crippen LogP contribution in [0, 0.1) is 5.92 Å². The SMILES string of the molecule is CCCN(OCC)C(=O)C1=Cc2ncc(-c3cccc(S(=O)(=O)N4CC(CNC(=O)CCOCCOCCOCCOCCOCCOCCOCCOCCOCCOCCNC(=O)CN5C(=O)C=CC5=O)C4)c3)cc2N=C(N)C1. The van der Waals surface area contributed by atoms with Gasteiger partial charge in [0.15, 0.2) is 0 Å². The molecule has 1 saturated heterocycles. The number of sulfonamides is 1. The Bertz CT molecular complexity index is 2450. The topological polar surface area (TPSA) is 306 Å². The number of aliphatic imine (C=N–C) groups is 1. The number of hydrogen-bond acceptors (Lipinski definition) is 21. The molecule has 26 nitrogen and oxygen atoms in total. The molecule has 0 radical (unpaired) electrons. The fourth-order valence-electron chi connectivity index (χ4n) is 7.78. The predicted octanol–water partition coefficient (Wildman–Crippen LogP) is 1.05. The maximum Gasteiger partial charge on any atom is 0.273 e. The molecular formula is C54H80N8O18S. The fourth-order valence-corrected chi connectivity index (χ4v) is 9.42. The van der Waals surface area contributed by atoms with Crippen molar-refractivity contribution in [2.24, 2.45) is 16.6 Å². The Morgan fingerprint density at radius 3 is 1.72 bits per heavy atom. The molecule has 0 spiro atoms. The molecule has 2 aromatic rings. The van der Waals surface area contributed by atoms with Crippen molar-refractivity contribution in [1.29, 1.82) is 0 Å². The molecule has 0 atom stereocenters. The van der Waals surface area contributed by atoms with Gasteiger partial charge in [0.2, 0.25) is 21.8 Å². The van der Waals surface area contributed by atoms with Crippen LogP contribution in [0.1, 0.15) is 38.8 Å². The van der Waals surface area contributed by atoms with Crippen molar-refractivity contribution in [3.63, 3.8) is 0 Å². The number of rotatable bonds is 45. The van der Waals surface area contributed by atoms with Gasteiger partial charge in [-0.2, -0.15) is 4.31 Å². The lowest BCUT2D eigenvalue weighted by molar-refractivity contribution is -0.180. The van der Waals surface area contributed by atoms with Crippen molar-refractivity contribution < 1.29 is 84.6 Å². The number of carbonyl (C=O) groups is 5. The number of nitrogens with zero attached hydrogens (tertiary/aromatic N) is 5. The minimum Gasteiger partial charge on any atom is -0.387 e. The van der Waals surface area contributed by atoms with E-state index < -0.39 is 27.7 Å². The molecule has 3 aliphatic heterocycles. The van der Waals surface area contributed by atoms with Crippen LogP contribution in [0.5, 0.6) is 0 Å². The lowest BCUT2D eigenvalue weighted by atomic mass is 10.0. The molecule has 0 unspecified atom stereocenters. The third-order valence-electron chi connectivity index (χ3n) is 12.0. The number of imide groups is 1. The van der Waals surface area contributed by atoms with Gasteiger partial charge in [0.05, 0.1) is 155 Å². The number of hydrogen-bond donors (Lipinski definition) is 3. The Labute approximate surface area is 473 Å². The number of amidine groups is 1. The second kappa shape index (κ2) is 38.2. The summed E-state index contributed by atoms with van der Waals surface area (Å²) in [6.07, 6.45) is 6.55. The van der Waals surface area contributed by atoms with E-state index in [1.807, 2.05) is 13.8 Å². The lowest BCUT2D eigenvalue weighted by Gasteiger charge is -2.38. The third-order valence-corrected chi connectivity index (χ3v) is 13.8. The number of carbonyl (C=O) groups excluding carboxylic acids is 5. The number of ether oxygens (including phenoxy) is 10. The minimum atomic E-state index is -3.80. The Hall–Kier alpha value is -5.66. The van der Waals surface area contributed by atoms with E-state index in [9.17, 15) is 32.4 Å². The highest BCUT2D eigenvalue weighted by Gasteiger charge is 2.37. The summed E-state index contributed by atoms with van der Waals surface area (Å²) in [6, 6.07) is 8.39. The molecular weight excluding hydrogens is 1080 g/mol. The quantitative estimate of drug-likeness (QED) is 0.0474. The van der Waals surface area contributed by atoms with E-state index in [-0.39, 0.29) is 80.7 Å². The molecule has 27 heteroatoms. The summed E-state index contributed by atoms with van der Waals surface area (Å²) in [5.74, 6) is -1.71. The van der Waals surface area contributed by atoms with Gasteiger partial charge in [0.25, 0.3) is 17.7 Å². The largest absolute Gasteiger partial charge is 0.387 e. The zero-order chi connectivity index (χ0) is 57.9. The van der Waals surface area contributed by atoms with Crippen LogP contribution in [-0.4, -0.2) is 241 Å². The molecule has 4 heterocycles. The Morgan fingerprint density at radius 2 is 1.20 bits per heavy atom. The highest BCUT2D eigenvalue weighted by molar-refractivity contribution is 7.89. The van der Waals surface area contributed by atoms with Crippen LogP contribution in [-0.2, 0) is 86.2 Å². The number of amides is 5. The number of nitrogens with one attached hydrogen (secondary N) is 2. The summed E-state index contributed by atoms with van der Waals surface area (Å²) in [4.78, 5) is 76.1. The van der Waals surface area contributed by atoms with Gasteiger partial charge in [-0.25, -0.2) is 18.5 Å². The van der Waals surface area contributed by atoms with Crippen LogP contribution in [0.3, 0.4) is 0 Å². The van der Waals surface area contributed by atoms with Gasteiger partial charge in [-0.3, -0.25) is 38.7 Å². The van der Waals surface area contributed by atoms with Gasteiger partial charge in [0.1, 0.15) is 12.4 Å². The van der Waals surface area contributed by atoms with Crippen LogP contribution >= 0.6 is 0 Å². The first-order chi connectivity index (χ1) is 39.4. The fraction of sp³-hybridized carbons (Fsp3) is 0.611. The Kier molecular flexibility index (Phi) is 31.2. The first-order valence-corrected chi connectivity index (χ1v) is 28.8. The molecule has 0 saturated carbocycles. The molecule has 1 aromatic heterocycles. The first kappa shape index (κ1) is 66.1. The van der Waals surface area contributed by atoms with Crippen LogP contribution in [0.25, 0.3) is 17.2 Å². The molecule has 5 rings (SSSR count). The molecule has 1 fully saturated rings. The summed E-state index contributed by atoms with van der Waals surface area (Å²) in [6.45, 7) is 13.2. The van der Waals surface area contributed by atoms with Crippen LogP contribution in [0.4, 0.5) is 5.69 Å². The number of nitrogens with two attached hydrogens (primary N) is 1. The van der Waals surface area contributed by atoms with Crippen molar-refractivity contribution in [2.45, 2.75) is 38.0 Å². The second-order valence-electron chi connectivity index (χ2n) is 18.2. The van der Waals surface area contributed by atoms with E-state index in [2.05, 4.69) is 20.6 Å². The van der Waals surface area contributed by atoms with Gasteiger partial charge >= 0.3 is 0 Å². The normalized spacial score (nSPS) is 14.6. The average molecular weight is 1160 g/mol. The highest BCUT2D eigenvalue weighted by Crippen LogP contribution is 2.33.